The van der Waals surface area contributed by atoms with Gasteiger partial charge in [-0.1, -0.05) is 12.1 Å². The van der Waals surface area contributed by atoms with Crippen LogP contribution in [0.25, 0.3) is 22.1 Å². The van der Waals surface area contributed by atoms with Crippen molar-refractivity contribution >= 4 is 11.0 Å². The highest BCUT2D eigenvalue weighted by atomic mass is 16.5. The zero-order valence-electron chi connectivity index (χ0n) is 12.1. The van der Waals surface area contributed by atoms with Crippen molar-refractivity contribution in [3.05, 3.63) is 52.9 Å². The summed E-state index contributed by atoms with van der Waals surface area (Å²) in [5.41, 5.74) is 1.36. The standard InChI is InChI=1S/C17H14O5/c1-20-12-7-14(21-2)17-13(9-16(19)22-15(17)8-12)10-3-5-11(18)6-4-10/h3-9,18H,1-2H3. The van der Waals surface area contributed by atoms with Crippen molar-refractivity contribution in [1.29, 1.82) is 0 Å². The van der Waals surface area contributed by atoms with Crippen molar-refractivity contribution in [2.24, 2.45) is 0 Å². The number of aromatic hydroxyl groups is 1. The summed E-state index contributed by atoms with van der Waals surface area (Å²) in [5.74, 6) is 1.24. The quantitative estimate of drug-likeness (QED) is 0.752. The molecule has 0 amide bonds. The Kier molecular flexibility index (Phi) is 3.47. The lowest BCUT2D eigenvalue weighted by atomic mass is 10.0. The van der Waals surface area contributed by atoms with Crippen LogP contribution in [0, 0.1) is 0 Å². The molecule has 0 bridgehead atoms. The molecule has 0 spiro atoms. The average Bonchev–Trinajstić information content (AvgIpc) is 2.53. The molecule has 0 radical (unpaired) electrons. The minimum absolute atomic E-state index is 0.157. The monoisotopic (exact) mass is 298 g/mol. The molecule has 0 atom stereocenters. The summed E-state index contributed by atoms with van der Waals surface area (Å²) in [6.07, 6.45) is 0. The molecular weight excluding hydrogens is 284 g/mol. The van der Waals surface area contributed by atoms with Gasteiger partial charge in [-0.15, -0.1) is 0 Å². The van der Waals surface area contributed by atoms with Crippen molar-refractivity contribution in [3.8, 4) is 28.4 Å². The molecule has 3 aromatic rings. The zero-order chi connectivity index (χ0) is 15.7. The van der Waals surface area contributed by atoms with Crippen LogP contribution >= 0.6 is 0 Å². The van der Waals surface area contributed by atoms with Crippen LogP contribution in [0.2, 0.25) is 0 Å². The Balaban J connectivity index is 2.38. The van der Waals surface area contributed by atoms with E-state index in [0.717, 1.165) is 5.56 Å². The average molecular weight is 298 g/mol. The topological polar surface area (TPSA) is 68.9 Å². The molecule has 0 unspecified atom stereocenters. The summed E-state index contributed by atoms with van der Waals surface area (Å²) < 4.78 is 15.9. The summed E-state index contributed by atoms with van der Waals surface area (Å²) in [4.78, 5) is 11.8. The number of fused-ring (bicyclic) bond motifs is 1. The van der Waals surface area contributed by atoms with Crippen LogP contribution in [0.5, 0.6) is 17.2 Å². The van der Waals surface area contributed by atoms with Gasteiger partial charge in [0.1, 0.15) is 22.8 Å². The third kappa shape index (κ3) is 2.37. The minimum Gasteiger partial charge on any atom is -0.508 e. The van der Waals surface area contributed by atoms with Gasteiger partial charge in [0.05, 0.1) is 19.6 Å². The van der Waals surface area contributed by atoms with E-state index in [0.29, 0.717) is 28.0 Å². The second kappa shape index (κ2) is 5.44. The Morgan fingerprint density at radius 1 is 1.00 bits per heavy atom. The van der Waals surface area contributed by atoms with Gasteiger partial charge in [-0.3, -0.25) is 0 Å². The number of phenols is 1. The lowest BCUT2D eigenvalue weighted by molar-refractivity contribution is 0.396. The largest absolute Gasteiger partial charge is 0.508 e. The van der Waals surface area contributed by atoms with Gasteiger partial charge < -0.3 is 19.0 Å². The Hall–Kier alpha value is -2.95. The number of benzene rings is 2. The van der Waals surface area contributed by atoms with Crippen molar-refractivity contribution in [3.63, 3.8) is 0 Å². The lowest BCUT2D eigenvalue weighted by Gasteiger charge is -2.11. The molecule has 0 aliphatic carbocycles. The maximum atomic E-state index is 11.8. The maximum Gasteiger partial charge on any atom is 0.336 e. The van der Waals surface area contributed by atoms with Gasteiger partial charge in [-0.2, -0.15) is 0 Å². The fourth-order valence-corrected chi connectivity index (χ4v) is 2.39. The van der Waals surface area contributed by atoms with E-state index in [4.69, 9.17) is 13.9 Å². The third-order valence-electron chi connectivity index (χ3n) is 3.42. The molecule has 0 saturated carbocycles. The molecular formula is C17H14O5. The molecule has 0 fully saturated rings. The normalized spacial score (nSPS) is 10.6. The first-order valence-corrected chi connectivity index (χ1v) is 6.61. The van der Waals surface area contributed by atoms with Crippen LogP contribution in [-0.2, 0) is 0 Å². The second-order valence-electron chi connectivity index (χ2n) is 4.73. The number of methoxy groups -OCH3 is 2. The molecule has 0 aliphatic rings. The fourth-order valence-electron chi connectivity index (χ4n) is 2.39. The highest BCUT2D eigenvalue weighted by Crippen LogP contribution is 2.37. The Bertz CT molecular complexity index is 878. The van der Waals surface area contributed by atoms with E-state index in [1.54, 1.807) is 43.5 Å². The molecule has 2 aromatic carbocycles. The molecule has 1 N–H and O–H groups in total. The molecule has 1 aromatic heterocycles. The van der Waals surface area contributed by atoms with Crippen molar-refractivity contribution in [2.45, 2.75) is 0 Å². The fraction of sp³-hybridized carbons (Fsp3) is 0.118. The molecule has 112 valence electrons. The van der Waals surface area contributed by atoms with Crippen LogP contribution in [0.4, 0.5) is 0 Å². The first-order chi connectivity index (χ1) is 10.6. The van der Waals surface area contributed by atoms with Gasteiger partial charge >= 0.3 is 5.63 Å². The van der Waals surface area contributed by atoms with Gasteiger partial charge in [0, 0.05) is 23.8 Å². The number of hydrogen-bond acceptors (Lipinski definition) is 5. The van der Waals surface area contributed by atoms with E-state index in [9.17, 15) is 9.90 Å². The Labute approximate surface area is 126 Å². The van der Waals surface area contributed by atoms with E-state index in [1.165, 1.54) is 13.2 Å². The van der Waals surface area contributed by atoms with E-state index in [2.05, 4.69) is 0 Å². The maximum absolute atomic E-state index is 11.8. The first kappa shape index (κ1) is 14.0. The molecule has 5 heteroatoms. The molecule has 22 heavy (non-hydrogen) atoms. The summed E-state index contributed by atoms with van der Waals surface area (Å²) in [6.45, 7) is 0. The smallest absolute Gasteiger partial charge is 0.336 e. The summed E-state index contributed by atoms with van der Waals surface area (Å²) in [7, 11) is 3.07. The summed E-state index contributed by atoms with van der Waals surface area (Å²) in [6, 6.07) is 11.4. The predicted molar refractivity (Wildman–Crippen MR) is 82.7 cm³/mol. The van der Waals surface area contributed by atoms with Crippen LogP contribution in [0.3, 0.4) is 0 Å². The SMILES string of the molecule is COc1cc(OC)c2c(-c3ccc(O)cc3)cc(=O)oc2c1. The number of ether oxygens (including phenoxy) is 2. The van der Waals surface area contributed by atoms with Crippen molar-refractivity contribution in [2.75, 3.05) is 14.2 Å². The summed E-state index contributed by atoms with van der Waals surface area (Å²) >= 11 is 0. The van der Waals surface area contributed by atoms with Gasteiger partial charge in [0.2, 0.25) is 0 Å². The van der Waals surface area contributed by atoms with Crippen LogP contribution < -0.4 is 15.1 Å². The first-order valence-electron chi connectivity index (χ1n) is 6.61. The number of rotatable bonds is 3. The minimum atomic E-state index is -0.467. The third-order valence-corrected chi connectivity index (χ3v) is 3.42. The van der Waals surface area contributed by atoms with Gasteiger partial charge in [-0.05, 0) is 17.7 Å². The predicted octanol–water partition coefficient (Wildman–Crippen LogP) is 3.18. The molecule has 5 nitrogen and oxygen atoms in total. The van der Waals surface area contributed by atoms with Gasteiger partial charge in [0.15, 0.2) is 0 Å². The highest BCUT2D eigenvalue weighted by molar-refractivity contribution is 5.98. The molecule has 0 aliphatic heterocycles. The second-order valence-corrected chi connectivity index (χ2v) is 4.73. The number of phenolic OH excluding ortho intramolecular Hbond substituents is 1. The van der Waals surface area contributed by atoms with E-state index in [-0.39, 0.29) is 5.75 Å². The summed E-state index contributed by atoms with van der Waals surface area (Å²) in [5, 5.41) is 10.1. The van der Waals surface area contributed by atoms with Crippen LogP contribution in [-0.4, -0.2) is 19.3 Å². The molecule has 1 heterocycles. The molecule has 0 saturated heterocycles. The van der Waals surface area contributed by atoms with Gasteiger partial charge in [0.25, 0.3) is 0 Å². The van der Waals surface area contributed by atoms with Crippen LogP contribution in [0.15, 0.2) is 51.7 Å². The Morgan fingerprint density at radius 2 is 1.73 bits per heavy atom. The Morgan fingerprint density at radius 3 is 2.36 bits per heavy atom. The van der Waals surface area contributed by atoms with Crippen molar-refractivity contribution < 1.29 is 19.0 Å². The lowest BCUT2D eigenvalue weighted by Crippen LogP contribution is -2.00. The van der Waals surface area contributed by atoms with E-state index in [1.807, 2.05) is 0 Å². The van der Waals surface area contributed by atoms with E-state index < -0.39 is 5.63 Å². The highest BCUT2D eigenvalue weighted by Gasteiger charge is 2.14. The van der Waals surface area contributed by atoms with Gasteiger partial charge in [-0.25, -0.2) is 4.79 Å². The molecule has 3 rings (SSSR count). The number of hydrogen-bond donors (Lipinski definition) is 1. The zero-order valence-corrected chi connectivity index (χ0v) is 12.1. The van der Waals surface area contributed by atoms with Crippen LogP contribution in [0.1, 0.15) is 0 Å². The van der Waals surface area contributed by atoms with Crippen molar-refractivity contribution in [1.82, 2.24) is 0 Å². The van der Waals surface area contributed by atoms with E-state index >= 15 is 0 Å².